The van der Waals surface area contributed by atoms with E-state index < -0.39 is 5.54 Å². The quantitative estimate of drug-likeness (QED) is 0.594. The topological polar surface area (TPSA) is 52.3 Å². The van der Waals surface area contributed by atoms with Gasteiger partial charge in [-0.3, -0.25) is 4.79 Å². The number of ether oxygens (including phenoxy) is 1. The normalized spacial score (nSPS) is 16.0. The highest BCUT2D eigenvalue weighted by Crippen LogP contribution is 2.10. The van der Waals surface area contributed by atoms with Crippen LogP contribution in [0.2, 0.25) is 0 Å². The number of hydrogen-bond donors (Lipinski definition) is 1. The molecular formula is C7H15NO2. The molecule has 0 heterocycles. The van der Waals surface area contributed by atoms with Gasteiger partial charge in [0.2, 0.25) is 0 Å². The number of carbonyl (C=O) groups is 1. The molecule has 0 unspecified atom stereocenters. The lowest BCUT2D eigenvalue weighted by Crippen LogP contribution is -2.37. The summed E-state index contributed by atoms with van der Waals surface area (Å²) in [5.74, 6) is -0.244. The van der Waals surface area contributed by atoms with Gasteiger partial charge in [-0.1, -0.05) is 6.92 Å². The van der Waals surface area contributed by atoms with E-state index in [1.165, 1.54) is 7.11 Å². The Morgan fingerprint density at radius 3 is 2.50 bits per heavy atom. The molecule has 0 bridgehead atoms. The van der Waals surface area contributed by atoms with E-state index in [0.717, 1.165) is 6.42 Å². The maximum atomic E-state index is 10.7. The van der Waals surface area contributed by atoms with Gasteiger partial charge in [0.1, 0.15) is 0 Å². The largest absolute Gasteiger partial charge is 0.469 e. The molecule has 2 N–H and O–H groups in total. The fourth-order valence-electron chi connectivity index (χ4n) is 0.527. The summed E-state index contributed by atoms with van der Waals surface area (Å²) in [6.45, 7) is 3.78. The van der Waals surface area contributed by atoms with Gasteiger partial charge in [0.15, 0.2) is 0 Å². The Hall–Kier alpha value is -0.570. The van der Waals surface area contributed by atoms with Gasteiger partial charge in [-0.05, 0) is 13.3 Å². The Morgan fingerprint density at radius 1 is 1.70 bits per heavy atom. The standard InChI is InChI=1S/C7H15NO2/c1-4-7(2,8)5-6(9)10-3/h4-5,8H2,1-3H3/t7-/m1/s1. The molecule has 0 rings (SSSR count). The number of carbonyl (C=O) groups excluding carboxylic acids is 1. The lowest BCUT2D eigenvalue weighted by atomic mass is 9.96. The van der Waals surface area contributed by atoms with Gasteiger partial charge in [-0.25, -0.2) is 0 Å². The van der Waals surface area contributed by atoms with Crippen molar-refractivity contribution >= 4 is 5.97 Å². The van der Waals surface area contributed by atoms with Gasteiger partial charge in [0.05, 0.1) is 13.5 Å². The van der Waals surface area contributed by atoms with E-state index in [9.17, 15) is 4.79 Å². The summed E-state index contributed by atoms with van der Waals surface area (Å²) < 4.78 is 4.47. The van der Waals surface area contributed by atoms with Crippen LogP contribution in [0.4, 0.5) is 0 Å². The fourth-order valence-corrected chi connectivity index (χ4v) is 0.527. The zero-order chi connectivity index (χ0) is 8.20. The third-order valence-electron chi connectivity index (χ3n) is 1.58. The number of rotatable bonds is 3. The Balaban J connectivity index is 3.76. The predicted molar refractivity (Wildman–Crippen MR) is 39.5 cm³/mol. The molecule has 0 amide bonds. The molecule has 60 valence electrons. The smallest absolute Gasteiger partial charge is 0.307 e. The summed E-state index contributed by atoms with van der Waals surface area (Å²) in [6, 6.07) is 0. The van der Waals surface area contributed by atoms with Gasteiger partial charge in [0, 0.05) is 5.54 Å². The summed E-state index contributed by atoms with van der Waals surface area (Å²) >= 11 is 0. The Labute approximate surface area is 61.5 Å². The van der Waals surface area contributed by atoms with E-state index in [0.29, 0.717) is 6.42 Å². The molecule has 0 aromatic heterocycles. The SMILES string of the molecule is CC[C@@](C)(N)CC(=O)OC. The molecule has 0 aliphatic carbocycles. The van der Waals surface area contributed by atoms with E-state index in [2.05, 4.69) is 4.74 Å². The van der Waals surface area contributed by atoms with Crippen molar-refractivity contribution in [1.82, 2.24) is 0 Å². The molecule has 3 nitrogen and oxygen atoms in total. The average Bonchev–Trinajstić information content (AvgIpc) is 1.87. The van der Waals surface area contributed by atoms with Crippen LogP contribution in [0.1, 0.15) is 26.7 Å². The van der Waals surface area contributed by atoms with Crippen LogP contribution in [0.15, 0.2) is 0 Å². The van der Waals surface area contributed by atoms with Crippen molar-refractivity contribution in [3.8, 4) is 0 Å². The molecule has 0 aliphatic rings. The minimum atomic E-state index is -0.410. The lowest BCUT2D eigenvalue weighted by Gasteiger charge is -2.20. The first-order valence-corrected chi connectivity index (χ1v) is 3.37. The van der Waals surface area contributed by atoms with E-state index in [4.69, 9.17) is 5.73 Å². The first kappa shape index (κ1) is 9.43. The maximum Gasteiger partial charge on any atom is 0.307 e. The van der Waals surface area contributed by atoms with Crippen molar-refractivity contribution in [2.45, 2.75) is 32.2 Å². The zero-order valence-electron chi connectivity index (χ0n) is 6.81. The molecule has 0 saturated heterocycles. The third kappa shape index (κ3) is 3.45. The van der Waals surface area contributed by atoms with Crippen molar-refractivity contribution in [2.24, 2.45) is 5.73 Å². The summed E-state index contributed by atoms with van der Waals surface area (Å²) in [7, 11) is 1.37. The molecule has 0 aromatic carbocycles. The van der Waals surface area contributed by atoms with Crippen molar-refractivity contribution in [2.75, 3.05) is 7.11 Å². The number of nitrogens with two attached hydrogens (primary N) is 1. The van der Waals surface area contributed by atoms with Crippen molar-refractivity contribution in [1.29, 1.82) is 0 Å². The molecule has 0 fully saturated rings. The van der Waals surface area contributed by atoms with Gasteiger partial charge >= 0.3 is 5.97 Å². The average molecular weight is 145 g/mol. The summed E-state index contributed by atoms with van der Waals surface area (Å²) in [5, 5.41) is 0. The minimum absolute atomic E-state index is 0.244. The Bertz CT molecular complexity index is 121. The van der Waals surface area contributed by atoms with Crippen LogP contribution in [0.25, 0.3) is 0 Å². The van der Waals surface area contributed by atoms with E-state index in [1.54, 1.807) is 0 Å². The number of esters is 1. The third-order valence-corrected chi connectivity index (χ3v) is 1.58. The summed E-state index contributed by atoms with van der Waals surface area (Å²) in [4.78, 5) is 10.7. The van der Waals surface area contributed by atoms with Gasteiger partial charge in [-0.15, -0.1) is 0 Å². The molecular weight excluding hydrogens is 130 g/mol. The van der Waals surface area contributed by atoms with Gasteiger partial charge < -0.3 is 10.5 Å². The molecule has 0 saturated carbocycles. The minimum Gasteiger partial charge on any atom is -0.469 e. The molecule has 3 heteroatoms. The van der Waals surface area contributed by atoms with E-state index >= 15 is 0 Å². The zero-order valence-corrected chi connectivity index (χ0v) is 6.81. The highest BCUT2D eigenvalue weighted by molar-refractivity contribution is 5.70. The predicted octanol–water partition coefficient (Wildman–Crippen LogP) is 0.677. The Morgan fingerprint density at radius 2 is 2.20 bits per heavy atom. The first-order valence-electron chi connectivity index (χ1n) is 3.37. The monoisotopic (exact) mass is 145 g/mol. The number of hydrogen-bond acceptors (Lipinski definition) is 3. The van der Waals surface area contributed by atoms with Crippen LogP contribution in [-0.4, -0.2) is 18.6 Å². The molecule has 0 aromatic rings. The molecule has 0 aliphatic heterocycles. The highest BCUT2D eigenvalue weighted by atomic mass is 16.5. The summed E-state index contributed by atoms with van der Waals surface area (Å²) in [5.41, 5.74) is 5.28. The van der Waals surface area contributed by atoms with Crippen molar-refractivity contribution in [3.63, 3.8) is 0 Å². The Kier molecular flexibility index (Phi) is 3.36. The highest BCUT2D eigenvalue weighted by Gasteiger charge is 2.20. The number of methoxy groups -OCH3 is 1. The molecule has 0 spiro atoms. The van der Waals surface area contributed by atoms with E-state index in [1.807, 2.05) is 13.8 Å². The second-order valence-corrected chi connectivity index (χ2v) is 2.76. The van der Waals surface area contributed by atoms with Crippen LogP contribution in [0.5, 0.6) is 0 Å². The maximum absolute atomic E-state index is 10.7. The van der Waals surface area contributed by atoms with Crippen molar-refractivity contribution in [3.05, 3.63) is 0 Å². The van der Waals surface area contributed by atoms with Crippen LogP contribution < -0.4 is 5.73 Å². The van der Waals surface area contributed by atoms with Gasteiger partial charge in [-0.2, -0.15) is 0 Å². The van der Waals surface area contributed by atoms with Crippen molar-refractivity contribution < 1.29 is 9.53 Å². The second kappa shape index (κ2) is 3.56. The van der Waals surface area contributed by atoms with Crippen LogP contribution >= 0.6 is 0 Å². The fraction of sp³-hybridized carbons (Fsp3) is 0.857. The molecule has 1 atom stereocenters. The van der Waals surface area contributed by atoms with E-state index in [-0.39, 0.29) is 5.97 Å². The van der Waals surface area contributed by atoms with Crippen LogP contribution in [0, 0.1) is 0 Å². The second-order valence-electron chi connectivity index (χ2n) is 2.76. The first-order chi connectivity index (χ1) is 4.52. The lowest BCUT2D eigenvalue weighted by molar-refractivity contribution is -0.141. The molecule has 0 radical (unpaired) electrons. The molecule has 10 heavy (non-hydrogen) atoms. The summed E-state index contributed by atoms with van der Waals surface area (Å²) in [6.07, 6.45) is 1.07. The van der Waals surface area contributed by atoms with Gasteiger partial charge in [0.25, 0.3) is 0 Å². The van der Waals surface area contributed by atoms with Crippen LogP contribution in [-0.2, 0) is 9.53 Å². The van der Waals surface area contributed by atoms with Crippen LogP contribution in [0.3, 0.4) is 0 Å².